The van der Waals surface area contributed by atoms with Gasteiger partial charge in [0, 0.05) is 17.3 Å². The van der Waals surface area contributed by atoms with Gasteiger partial charge < -0.3 is 4.74 Å². The third kappa shape index (κ3) is 3.68. The molecule has 0 radical (unpaired) electrons. The number of rotatable bonds is 7. The average molecular weight is 301 g/mol. The van der Waals surface area contributed by atoms with Crippen LogP contribution in [-0.2, 0) is 9.53 Å². The summed E-state index contributed by atoms with van der Waals surface area (Å²) in [6.07, 6.45) is 4.32. The van der Waals surface area contributed by atoms with E-state index in [2.05, 4.69) is 6.58 Å². The van der Waals surface area contributed by atoms with Gasteiger partial charge in [0.15, 0.2) is 0 Å². The quantitative estimate of drug-likeness (QED) is 0.255. The summed E-state index contributed by atoms with van der Waals surface area (Å²) >= 11 is 0. The van der Waals surface area contributed by atoms with E-state index in [1.165, 1.54) is 0 Å². The van der Waals surface area contributed by atoms with E-state index in [1.54, 1.807) is 6.08 Å². The summed E-state index contributed by atoms with van der Waals surface area (Å²) in [5, 5.41) is 11.5. The Kier molecular flexibility index (Phi) is 5.61. The molecule has 0 unspecified atom stereocenters. The van der Waals surface area contributed by atoms with E-state index in [9.17, 15) is 14.9 Å². The molecular weight excluding hydrogens is 282 g/mol. The summed E-state index contributed by atoms with van der Waals surface area (Å²) < 4.78 is 5.49. The highest BCUT2D eigenvalue weighted by Gasteiger charge is 2.41. The van der Waals surface area contributed by atoms with Gasteiger partial charge in [-0.15, -0.1) is 6.58 Å². The number of nitro groups is 1. The van der Waals surface area contributed by atoms with Gasteiger partial charge in [-0.3, -0.25) is 14.9 Å². The van der Waals surface area contributed by atoms with Gasteiger partial charge in [0.05, 0.1) is 19.1 Å². The summed E-state index contributed by atoms with van der Waals surface area (Å²) in [4.78, 5) is 22.3. The van der Waals surface area contributed by atoms with Crippen LogP contribution >= 0.6 is 0 Å². The van der Waals surface area contributed by atoms with Gasteiger partial charge in [0.1, 0.15) is 6.29 Å². The fourth-order valence-electron chi connectivity index (χ4n) is 2.98. The molecule has 0 aliphatic heterocycles. The molecule has 5 nitrogen and oxygen atoms in total. The first-order valence-corrected chi connectivity index (χ1v) is 7.20. The lowest BCUT2D eigenvalue weighted by molar-refractivity contribution is -0.528. The first-order valence-electron chi connectivity index (χ1n) is 7.20. The number of hydrogen-bond acceptors (Lipinski definition) is 4. The van der Waals surface area contributed by atoms with Crippen molar-refractivity contribution >= 4 is 6.29 Å². The number of hydrogen-bond donors (Lipinski definition) is 0. The normalized spacial score (nSPS) is 24.4. The Morgan fingerprint density at radius 1 is 1.36 bits per heavy atom. The van der Waals surface area contributed by atoms with E-state index in [0.717, 1.165) is 5.56 Å². The van der Waals surface area contributed by atoms with Crippen LogP contribution in [0.1, 0.15) is 17.9 Å². The lowest BCUT2D eigenvalue weighted by Gasteiger charge is -2.31. The molecular formula is C17H19NO4. The number of carbonyl (C=O) groups excluding carboxylic acids is 1. The Hall–Kier alpha value is -2.27. The number of nitrogens with zero attached hydrogens (tertiary/aromatic N) is 1. The van der Waals surface area contributed by atoms with Crippen molar-refractivity contribution in [2.75, 3.05) is 13.2 Å². The first kappa shape index (κ1) is 16.1. The summed E-state index contributed by atoms with van der Waals surface area (Å²) in [5.41, 5.74) is 1.37. The fraction of sp³-hybridized carbons (Fsp3) is 0.353. The third-order valence-electron chi connectivity index (χ3n) is 3.90. The zero-order valence-electron chi connectivity index (χ0n) is 12.3. The fourth-order valence-corrected chi connectivity index (χ4v) is 2.98. The predicted molar refractivity (Wildman–Crippen MR) is 83.2 cm³/mol. The van der Waals surface area contributed by atoms with Crippen molar-refractivity contribution in [3.8, 4) is 0 Å². The van der Waals surface area contributed by atoms with E-state index < -0.39 is 6.04 Å². The molecule has 1 aromatic carbocycles. The highest BCUT2D eigenvalue weighted by atomic mass is 16.6. The van der Waals surface area contributed by atoms with Crippen molar-refractivity contribution in [1.82, 2.24) is 0 Å². The van der Waals surface area contributed by atoms with Gasteiger partial charge in [0.2, 0.25) is 6.04 Å². The van der Waals surface area contributed by atoms with Crippen LogP contribution in [0.15, 0.2) is 54.6 Å². The molecule has 1 aliphatic carbocycles. The second-order valence-electron chi connectivity index (χ2n) is 5.34. The SMILES string of the molecule is C=CCOC[C@H]1C=C(C=O)C[C@H]([N+](=O)[O-])[C@@H]1c1ccccc1. The van der Waals surface area contributed by atoms with Crippen molar-refractivity contribution in [2.45, 2.75) is 18.4 Å². The molecule has 116 valence electrons. The van der Waals surface area contributed by atoms with Crippen LogP contribution in [-0.4, -0.2) is 30.5 Å². The van der Waals surface area contributed by atoms with Crippen LogP contribution in [0, 0.1) is 16.0 Å². The second kappa shape index (κ2) is 7.66. The zero-order valence-corrected chi connectivity index (χ0v) is 12.3. The van der Waals surface area contributed by atoms with Crippen LogP contribution in [0.2, 0.25) is 0 Å². The molecule has 0 saturated heterocycles. The highest BCUT2D eigenvalue weighted by Crippen LogP contribution is 2.38. The molecule has 0 bridgehead atoms. The number of benzene rings is 1. The Morgan fingerprint density at radius 2 is 2.09 bits per heavy atom. The summed E-state index contributed by atoms with van der Waals surface area (Å²) in [7, 11) is 0. The minimum absolute atomic E-state index is 0.161. The van der Waals surface area contributed by atoms with Crippen molar-refractivity contribution in [1.29, 1.82) is 0 Å². The lowest BCUT2D eigenvalue weighted by atomic mass is 9.74. The maximum Gasteiger partial charge on any atom is 0.224 e. The van der Waals surface area contributed by atoms with Crippen molar-refractivity contribution < 1.29 is 14.5 Å². The molecule has 0 spiro atoms. The van der Waals surface area contributed by atoms with Gasteiger partial charge in [-0.2, -0.15) is 0 Å². The number of carbonyl (C=O) groups is 1. The monoisotopic (exact) mass is 301 g/mol. The van der Waals surface area contributed by atoms with Gasteiger partial charge in [0.25, 0.3) is 0 Å². The van der Waals surface area contributed by atoms with Crippen LogP contribution in [0.5, 0.6) is 0 Å². The minimum Gasteiger partial charge on any atom is -0.377 e. The maximum atomic E-state index is 11.5. The molecule has 22 heavy (non-hydrogen) atoms. The smallest absolute Gasteiger partial charge is 0.224 e. The molecule has 0 fully saturated rings. The van der Waals surface area contributed by atoms with E-state index in [4.69, 9.17) is 4.74 Å². The second-order valence-corrected chi connectivity index (χ2v) is 5.34. The van der Waals surface area contributed by atoms with Gasteiger partial charge >= 0.3 is 0 Å². The van der Waals surface area contributed by atoms with E-state index in [1.807, 2.05) is 36.4 Å². The van der Waals surface area contributed by atoms with Gasteiger partial charge in [-0.05, 0) is 11.1 Å². The molecule has 2 rings (SSSR count). The first-order chi connectivity index (χ1) is 10.7. The zero-order chi connectivity index (χ0) is 15.9. The van der Waals surface area contributed by atoms with Gasteiger partial charge in [-0.25, -0.2) is 0 Å². The Labute approximate surface area is 129 Å². The van der Waals surface area contributed by atoms with Crippen molar-refractivity contribution in [3.63, 3.8) is 0 Å². The molecule has 0 amide bonds. The predicted octanol–water partition coefficient (Wildman–Crippen LogP) is 2.76. The highest BCUT2D eigenvalue weighted by molar-refractivity contribution is 5.73. The van der Waals surface area contributed by atoms with E-state index in [0.29, 0.717) is 25.1 Å². The summed E-state index contributed by atoms with van der Waals surface area (Å²) in [6, 6.07) is 8.58. The van der Waals surface area contributed by atoms with Crippen LogP contribution in [0.25, 0.3) is 0 Å². The Morgan fingerprint density at radius 3 is 2.68 bits per heavy atom. The molecule has 0 aromatic heterocycles. The van der Waals surface area contributed by atoms with Gasteiger partial charge in [-0.1, -0.05) is 42.5 Å². The standard InChI is InChI=1S/C17H19NO4/c1-2-8-22-12-15-9-13(11-19)10-16(18(20)21)17(15)14-6-4-3-5-7-14/h2-7,9,11,15-17H,1,8,10,12H2/t15-,16+,17-/m1/s1. The molecule has 1 aliphatic rings. The van der Waals surface area contributed by atoms with Crippen LogP contribution in [0.3, 0.4) is 0 Å². The third-order valence-corrected chi connectivity index (χ3v) is 3.90. The molecule has 0 N–H and O–H groups in total. The largest absolute Gasteiger partial charge is 0.377 e. The Balaban J connectivity index is 2.35. The maximum absolute atomic E-state index is 11.5. The minimum atomic E-state index is -0.815. The topological polar surface area (TPSA) is 69.4 Å². The van der Waals surface area contributed by atoms with Crippen LogP contribution < -0.4 is 0 Å². The van der Waals surface area contributed by atoms with Crippen molar-refractivity contribution in [3.05, 3.63) is 70.3 Å². The molecule has 1 aromatic rings. The average Bonchev–Trinajstić information content (AvgIpc) is 2.55. The van der Waals surface area contributed by atoms with Crippen LogP contribution in [0.4, 0.5) is 0 Å². The summed E-state index contributed by atoms with van der Waals surface area (Å²) in [5.74, 6) is -0.503. The lowest BCUT2D eigenvalue weighted by Crippen LogP contribution is -2.37. The molecule has 0 saturated carbocycles. The Bertz CT molecular complexity index is 567. The molecule has 3 atom stereocenters. The van der Waals surface area contributed by atoms with E-state index in [-0.39, 0.29) is 23.2 Å². The van der Waals surface area contributed by atoms with E-state index >= 15 is 0 Å². The number of aldehydes is 1. The summed E-state index contributed by atoms with van der Waals surface area (Å²) in [6.45, 7) is 4.30. The molecule has 0 heterocycles. The number of ether oxygens (including phenoxy) is 1. The molecule has 5 heteroatoms. The van der Waals surface area contributed by atoms with Crippen molar-refractivity contribution in [2.24, 2.45) is 5.92 Å².